The number of para-hydroxylation sites is 1. The molecule has 2 aromatic carbocycles. The molecule has 0 aliphatic heterocycles. The highest BCUT2D eigenvalue weighted by Gasteiger charge is 2.16. The number of nitrogens with one attached hydrogen (secondary N) is 1. The number of benzene rings is 2. The minimum atomic E-state index is -0.0804. The van der Waals surface area contributed by atoms with E-state index in [2.05, 4.69) is 15.5 Å². The van der Waals surface area contributed by atoms with Crippen LogP contribution in [-0.4, -0.2) is 33.0 Å². The molecule has 140 valence electrons. The van der Waals surface area contributed by atoms with Gasteiger partial charge in [0.05, 0.1) is 17.9 Å². The number of rotatable bonds is 7. The lowest BCUT2D eigenvalue weighted by Crippen LogP contribution is -2.14. The molecule has 3 aromatic rings. The number of carbonyl (C=O) groups is 1. The first-order chi connectivity index (χ1) is 13.1. The van der Waals surface area contributed by atoms with Gasteiger partial charge in [-0.25, -0.2) is 0 Å². The summed E-state index contributed by atoms with van der Waals surface area (Å²) in [6.07, 6.45) is 0. The SMILES string of the molecule is CCOc1ccccc1-c1nnc(SCC(=O)Nc2ccc(C)cc2)n1C. The number of anilines is 1. The molecule has 0 spiro atoms. The Labute approximate surface area is 163 Å². The van der Waals surface area contributed by atoms with Crippen LogP contribution in [0.3, 0.4) is 0 Å². The van der Waals surface area contributed by atoms with Crippen molar-refractivity contribution in [2.45, 2.75) is 19.0 Å². The summed E-state index contributed by atoms with van der Waals surface area (Å²) in [5.74, 6) is 1.65. The molecule has 27 heavy (non-hydrogen) atoms. The van der Waals surface area contributed by atoms with Gasteiger partial charge in [-0.2, -0.15) is 0 Å². The second-order valence-corrected chi connectivity index (χ2v) is 6.94. The Hall–Kier alpha value is -2.80. The molecule has 1 N–H and O–H groups in total. The maximum atomic E-state index is 12.2. The maximum absolute atomic E-state index is 12.2. The second kappa shape index (κ2) is 8.73. The average Bonchev–Trinajstić information content (AvgIpc) is 3.03. The number of ether oxygens (including phenoxy) is 1. The number of hydrogen-bond acceptors (Lipinski definition) is 5. The molecule has 0 atom stereocenters. The van der Waals surface area contributed by atoms with Crippen molar-refractivity contribution >= 4 is 23.4 Å². The van der Waals surface area contributed by atoms with E-state index < -0.39 is 0 Å². The van der Waals surface area contributed by atoms with Crippen LogP contribution < -0.4 is 10.1 Å². The lowest BCUT2D eigenvalue weighted by atomic mass is 10.2. The van der Waals surface area contributed by atoms with Gasteiger partial charge in [-0.05, 0) is 38.1 Å². The minimum Gasteiger partial charge on any atom is -0.493 e. The molecule has 1 heterocycles. The van der Waals surface area contributed by atoms with Crippen molar-refractivity contribution in [1.82, 2.24) is 14.8 Å². The third-order valence-corrected chi connectivity index (χ3v) is 4.95. The van der Waals surface area contributed by atoms with Crippen molar-refractivity contribution in [2.24, 2.45) is 7.05 Å². The largest absolute Gasteiger partial charge is 0.493 e. The molecule has 7 heteroatoms. The Balaban J connectivity index is 1.67. The van der Waals surface area contributed by atoms with E-state index in [0.29, 0.717) is 17.6 Å². The summed E-state index contributed by atoms with van der Waals surface area (Å²) in [4.78, 5) is 12.2. The molecule has 0 aliphatic rings. The van der Waals surface area contributed by atoms with Gasteiger partial charge in [-0.15, -0.1) is 10.2 Å². The van der Waals surface area contributed by atoms with Gasteiger partial charge in [-0.1, -0.05) is 41.6 Å². The van der Waals surface area contributed by atoms with Crippen LogP contribution in [0.4, 0.5) is 5.69 Å². The lowest BCUT2D eigenvalue weighted by molar-refractivity contribution is -0.113. The number of aromatic nitrogens is 3. The lowest BCUT2D eigenvalue weighted by Gasteiger charge is -2.09. The van der Waals surface area contributed by atoms with Crippen LogP contribution in [0.25, 0.3) is 11.4 Å². The Morgan fingerprint density at radius 2 is 1.89 bits per heavy atom. The zero-order chi connectivity index (χ0) is 19.2. The highest BCUT2D eigenvalue weighted by molar-refractivity contribution is 7.99. The van der Waals surface area contributed by atoms with Crippen molar-refractivity contribution in [3.8, 4) is 17.1 Å². The molecule has 0 unspecified atom stereocenters. The van der Waals surface area contributed by atoms with Crippen LogP contribution in [0.15, 0.2) is 53.7 Å². The Morgan fingerprint density at radius 3 is 2.63 bits per heavy atom. The summed E-state index contributed by atoms with van der Waals surface area (Å²) in [7, 11) is 1.89. The Bertz CT molecular complexity index is 922. The standard InChI is InChI=1S/C20H22N4O2S/c1-4-26-17-8-6-5-7-16(17)19-22-23-20(24(19)3)27-13-18(25)21-15-11-9-14(2)10-12-15/h5-12H,4,13H2,1-3H3,(H,21,25). The number of thioether (sulfide) groups is 1. The third kappa shape index (κ3) is 4.68. The van der Waals surface area contributed by atoms with Crippen LogP contribution >= 0.6 is 11.8 Å². The molecule has 0 radical (unpaired) electrons. The highest BCUT2D eigenvalue weighted by Crippen LogP contribution is 2.30. The van der Waals surface area contributed by atoms with Crippen molar-refractivity contribution in [2.75, 3.05) is 17.7 Å². The van der Waals surface area contributed by atoms with Crippen molar-refractivity contribution < 1.29 is 9.53 Å². The van der Waals surface area contributed by atoms with Crippen LogP contribution in [0.2, 0.25) is 0 Å². The predicted molar refractivity (Wildman–Crippen MR) is 108 cm³/mol. The molecule has 0 saturated heterocycles. The molecule has 0 saturated carbocycles. The molecule has 6 nitrogen and oxygen atoms in total. The monoisotopic (exact) mass is 382 g/mol. The number of amides is 1. The van der Waals surface area contributed by atoms with Gasteiger partial charge >= 0.3 is 0 Å². The van der Waals surface area contributed by atoms with Gasteiger partial charge in [0, 0.05) is 12.7 Å². The molecule has 0 bridgehead atoms. The minimum absolute atomic E-state index is 0.0804. The average molecular weight is 382 g/mol. The van der Waals surface area contributed by atoms with Crippen LogP contribution in [0.1, 0.15) is 12.5 Å². The summed E-state index contributed by atoms with van der Waals surface area (Å²) >= 11 is 1.35. The van der Waals surface area contributed by atoms with Crippen molar-refractivity contribution in [1.29, 1.82) is 0 Å². The fraction of sp³-hybridized carbons (Fsp3) is 0.250. The molecular formula is C20H22N4O2S. The number of aryl methyl sites for hydroxylation is 1. The Morgan fingerprint density at radius 1 is 1.15 bits per heavy atom. The van der Waals surface area contributed by atoms with Gasteiger partial charge in [0.15, 0.2) is 11.0 Å². The van der Waals surface area contributed by atoms with Crippen LogP contribution in [0.5, 0.6) is 5.75 Å². The molecule has 0 fully saturated rings. The topological polar surface area (TPSA) is 69.0 Å². The smallest absolute Gasteiger partial charge is 0.234 e. The second-order valence-electron chi connectivity index (χ2n) is 6.00. The van der Waals surface area contributed by atoms with Gasteiger partial charge in [0.2, 0.25) is 5.91 Å². The number of nitrogens with zero attached hydrogens (tertiary/aromatic N) is 3. The zero-order valence-corrected chi connectivity index (χ0v) is 16.4. The first-order valence-corrected chi connectivity index (χ1v) is 9.68. The van der Waals surface area contributed by atoms with Crippen molar-refractivity contribution in [3.05, 3.63) is 54.1 Å². The molecule has 1 aromatic heterocycles. The summed E-state index contributed by atoms with van der Waals surface area (Å²) in [6.45, 7) is 4.54. The van der Waals surface area contributed by atoms with Crippen LogP contribution in [-0.2, 0) is 11.8 Å². The third-order valence-electron chi connectivity index (χ3n) is 3.93. The summed E-state index contributed by atoms with van der Waals surface area (Å²) in [5, 5.41) is 12.1. The van der Waals surface area contributed by atoms with E-state index in [1.54, 1.807) is 0 Å². The molecule has 3 rings (SSSR count). The van der Waals surface area contributed by atoms with Gasteiger partial charge < -0.3 is 14.6 Å². The summed E-state index contributed by atoms with van der Waals surface area (Å²) < 4.78 is 7.55. The van der Waals surface area contributed by atoms with Gasteiger partial charge in [0.25, 0.3) is 0 Å². The predicted octanol–water partition coefficient (Wildman–Crippen LogP) is 3.92. The fourth-order valence-electron chi connectivity index (χ4n) is 2.57. The zero-order valence-electron chi connectivity index (χ0n) is 15.6. The molecular weight excluding hydrogens is 360 g/mol. The molecule has 0 aliphatic carbocycles. The van der Waals surface area contributed by atoms with E-state index >= 15 is 0 Å². The highest BCUT2D eigenvalue weighted by atomic mass is 32.2. The van der Waals surface area contributed by atoms with E-state index in [-0.39, 0.29) is 11.7 Å². The van der Waals surface area contributed by atoms with E-state index in [9.17, 15) is 4.79 Å². The van der Waals surface area contributed by atoms with Gasteiger partial charge in [-0.3, -0.25) is 4.79 Å². The first-order valence-electron chi connectivity index (χ1n) is 8.69. The maximum Gasteiger partial charge on any atom is 0.234 e. The number of carbonyl (C=O) groups excluding carboxylic acids is 1. The van der Waals surface area contributed by atoms with E-state index in [1.165, 1.54) is 11.8 Å². The van der Waals surface area contributed by atoms with E-state index in [0.717, 1.165) is 22.6 Å². The van der Waals surface area contributed by atoms with Gasteiger partial charge in [0.1, 0.15) is 5.75 Å². The fourth-order valence-corrected chi connectivity index (χ4v) is 3.28. The van der Waals surface area contributed by atoms with Crippen molar-refractivity contribution in [3.63, 3.8) is 0 Å². The first kappa shape index (κ1) is 19.0. The number of hydrogen-bond donors (Lipinski definition) is 1. The Kier molecular flexibility index (Phi) is 6.13. The molecule has 1 amide bonds. The van der Waals surface area contributed by atoms with Crippen LogP contribution in [0, 0.1) is 6.92 Å². The normalized spacial score (nSPS) is 10.6. The van der Waals surface area contributed by atoms with E-state index in [1.807, 2.05) is 74.0 Å². The van der Waals surface area contributed by atoms with E-state index in [4.69, 9.17) is 4.74 Å². The quantitative estimate of drug-likeness (QED) is 0.627. The summed E-state index contributed by atoms with van der Waals surface area (Å²) in [6, 6.07) is 15.4. The summed E-state index contributed by atoms with van der Waals surface area (Å²) in [5.41, 5.74) is 2.82.